The van der Waals surface area contributed by atoms with Crippen molar-refractivity contribution in [2.75, 3.05) is 51.6 Å². The molecule has 2 aliphatic rings. The lowest BCUT2D eigenvalue weighted by molar-refractivity contribution is -0.0651. The highest BCUT2D eigenvalue weighted by molar-refractivity contribution is 6.03. The number of aliphatic hydroxyl groups is 2. The van der Waals surface area contributed by atoms with E-state index in [-0.39, 0.29) is 72.8 Å². The maximum Gasteiger partial charge on any atom is 0.351 e. The van der Waals surface area contributed by atoms with Crippen molar-refractivity contribution in [2.45, 2.75) is 182 Å². The van der Waals surface area contributed by atoms with E-state index < -0.39 is 24.1 Å². The van der Waals surface area contributed by atoms with E-state index >= 15 is 0 Å². The summed E-state index contributed by atoms with van der Waals surface area (Å²) in [7, 11) is 0. The molecule has 13 nitrogen and oxygen atoms in total. The second-order valence-electron chi connectivity index (χ2n) is 26.6. The van der Waals surface area contributed by atoms with E-state index in [4.69, 9.17) is 28.4 Å². The first-order valence-corrected chi connectivity index (χ1v) is 29.9. The third-order valence-electron chi connectivity index (χ3n) is 15.6. The average Bonchev–Trinajstić information content (AvgIpc) is 3.20. The molecule has 0 radical (unpaired) electrons. The van der Waals surface area contributed by atoms with Gasteiger partial charge in [-0.2, -0.15) is 4.98 Å². The molecule has 5 aromatic carbocycles. The zero-order chi connectivity index (χ0) is 60.0. The van der Waals surface area contributed by atoms with Crippen LogP contribution in [0.15, 0.2) is 95.9 Å². The highest BCUT2D eigenvalue weighted by Gasteiger charge is 2.38. The van der Waals surface area contributed by atoms with Crippen molar-refractivity contribution in [3.8, 4) is 23.0 Å². The first-order valence-electron chi connectivity index (χ1n) is 29.9. The van der Waals surface area contributed by atoms with Crippen molar-refractivity contribution in [1.82, 2.24) is 9.55 Å². The minimum absolute atomic E-state index is 0.119. The van der Waals surface area contributed by atoms with E-state index in [9.17, 15) is 19.8 Å². The summed E-state index contributed by atoms with van der Waals surface area (Å²) in [6.45, 7) is 32.4. The summed E-state index contributed by atoms with van der Waals surface area (Å²) < 4.78 is 42.1. The van der Waals surface area contributed by atoms with Gasteiger partial charge in [0, 0.05) is 43.9 Å². The molecule has 0 saturated carbocycles. The average molecular weight is 1130 g/mol. The molecule has 8 bridgehead atoms. The van der Waals surface area contributed by atoms with Crippen LogP contribution in [0.25, 0.3) is 0 Å². The first-order chi connectivity index (χ1) is 39.3. The van der Waals surface area contributed by atoms with Crippen LogP contribution in [0.3, 0.4) is 0 Å². The maximum absolute atomic E-state index is 13.4. The zero-order valence-corrected chi connectivity index (χ0v) is 51.8. The van der Waals surface area contributed by atoms with Crippen molar-refractivity contribution in [3.63, 3.8) is 0 Å². The second kappa shape index (κ2) is 26.2. The summed E-state index contributed by atoms with van der Waals surface area (Å²) in [4.78, 5) is 30.4. The Kier molecular flexibility index (Phi) is 19.7. The lowest BCUT2D eigenvalue weighted by Crippen LogP contribution is -2.29. The predicted octanol–water partition coefficient (Wildman–Crippen LogP) is 13.1. The van der Waals surface area contributed by atoms with Crippen LogP contribution in [0.2, 0.25) is 0 Å². The van der Waals surface area contributed by atoms with Gasteiger partial charge in [-0.15, -0.1) is 0 Å². The Balaban J connectivity index is 1.25. The number of hydrogen-bond acceptors (Lipinski definition) is 11. The Hall–Kier alpha value is -6.51. The lowest BCUT2D eigenvalue weighted by Gasteiger charge is -2.29. The van der Waals surface area contributed by atoms with Crippen molar-refractivity contribution >= 4 is 11.7 Å². The molecule has 1 unspecified atom stereocenters. The summed E-state index contributed by atoms with van der Waals surface area (Å²) in [5.74, 6) is 2.98. The molecule has 1 amide bonds. The van der Waals surface area contributed by atoms with E-state index in [0.29, 0.717) is 44.5 Å². The summed E-state index contributed by atoms with van der Waals surface area (Å²) in [6.07, 6.45) is 3.46. The molecule has 8 rings (SSSR count). The molecule has 0 spiro atoms. The van der Waals surface area contributed by atoms with Crippen molar-refractivity contribution in [2.24, 2.45) is 0 Å². The molecular weight excluding hydrogens is 1040 g/mol. The Labute approximate surface area is 493 Å². The van der Waals surface area contributed by atoms with Gasteiger partial charge < -0.3 is 44.0 Å². The number of benzene rings is 5. The van der Waals surface area contributed by atoms with Gasteiger partial charge in [0.2, 0.25) is 0 Å². The van der Waals surface area contributed by atoms with Gasteiger partial charge in [-0.1, -0.05) is 164 Å². The quantitative estimate of drug-likeness (QED) is 0.0702. The zero-order valence-electron chi connectivity index (χ0n) is 51.8. The number of amides is 1. The van der Waals surface area contributed by atoms with E-state index in [1.807, 2.05) is 6.07 Å². The number of fused-ring (bicyclic) bond motifs is 8. The largest absolute Gasteiger partial charge is 0.493 e. The molecule has 1 fully saturated rings. The van der Waals surface area contributed by atoms with Gasteiger partial charge in [-0.05, 0) is 119 Å². The topological polar surface area (TPSA) is 160 Å². The fraction of sp³-hybridized carbons (Fsp3) is 0.500. The predicted molar refractivity (Wildman–Crippen MR) is 330 cm³/mol. The molecule has 6 aromatic rings. The number of hydrogen-bond donors (Lipinski definition) is 3. The molecule has 1 saturated heterocycles. The van der Waals surface area contributed by atoms with Crippen LogP contribution in [0.5, 0.6) is 23.0 Å². The molecule has 1 aliphatic carbocycles. The van der Waals surface area contributed by atoms with Gasteiger partial charge in [-0.25, -0.2) is 4.79 Å². The van der Waals surface area contributed by atoms with Crippen molar-refractivity contribution < 1.29 is 43.4 Å². The molecule has 13 heteroatoms. The van der Waals surface area contributed by atoms with Gasteiger partial charge in [0.15, 0.2) is 0 Å². The van der Waals surface area contributed by atoms with Crippen LogP contribution in [-0.2, 0) is 56.8 Å². The van der Waals surface area contributed by atoms with E-state index in [1.54, 1.807) is 36.5 Å². The highest BCUT2D eigenvalue weighted by atomic mass is 16.6. The SMILES string of the molecule is CCCOc1c2cc(C(C)(C)C)cc1Cc1cc(C(C)(C)C)cc(c1OCCO[C@H]1C[C@H](n3ccc(NC(=O)c4ccccc4)nc3=O)OC1CO)Cc1cc(C(C)(C)C)cc(c1OCCC)Cc1cc(C(C)(C)C)cc(c1OCCO)C2. The molecule has 3 N–H and O–H groups in total. The van der Waals surface area contributed by atoms with Crippen LogP contribution in [0.4, 0.5) is 5.82 Å². The van der Waals surface area contributed by atoms with Crippen molar-refractivity contribution in [1.29, 1.82) is 0 Å². The minimum Gasteiger partial charge on any atom is -0.493 e. The monoisotopic (exact) mass is 1130 g/mol. The number of nitrogens with one attached hydrogen (secondary N) is 1. The Bertz CT molecular complexity index is 3160. The number of aliphatic hydroxyl groups excluding tert-OH is 2. The van der Waals surface area contributed by atoms with Crippen LogP contribution in [0.1, 0.15) is 200 Å². The van der Waals surface area contributed by atoms with Crippen molar-refractivity contribution in [3.05, 3.63) is 174 Å². The van der Waals surface area contributed by atoms with Gasteiger partial charge >= 0.3 is 5.69 Å². The smallest absolute Gasteiger partial charge is 0.351 e. The second-order valence-corrected chi connectivity index (χ2v) is 26.6. The van der Waals surface area contributed by atoms with Gasteiger partial charge in [0.25, 0.3) is 5.91 Å². The first kappa shape index (κ1) is 62.5. The van der Waals surface area contributed by atoms with E-state index in [0.717, 1.165) is 80.3 Å². The summed E-state index contributed by atoms with van der Waals surface area (Å²) in [6, 6.07) is 28.8. The maximum atomic E-state index is 13.4. The fourth-order valence-corrected chi connectivity index (χ4v) is 11.0. The third kappa shape index (κ3) is 15.3. The molecule has 446 valence electrons. The molecular formula is C70H91N3O10. The molecule has 1 aromatic heterocycles. The van der Waals surface area contributed by atoms with E-state index in [2.05, 4.69) is 156 Å². The molecule has 83 heavy (non-hydrogen) atoms. The van der Waals surface area contributed by atoms with Crippen LogP contribution >= 0.6 is 0 Å². The lowest BCUT2D eigenvalue weighted by atomic mass is 9.79. The molecule has 2 heterocycles. The number of ether oxygens (including phenoxy) is 6. The molecule has 1 aliphatic heterocycles. The molecule has 3 atom stereocenters. The number of carbonyl (C=O) groups is 1. The van der Waals surface area contributed by atoms with Gasteiger partial charge in [0.05, 0.1) is 39.1 Å². The van der Waals surface area contributed by atoms with Gasteiger partial charge in [-0.3, -0.25) is 9.36 Å². The summed E-state index contributed by atoms with van der Waals surface area (Å²) >= 11 is 0. The van der Waals surface area contributed by atoms with Crippen LogP contribution in [-0.4, -0.2) is 84.1 Å². The van der Waals surface area contributed by atoms with E-state index in [1.165, 1.54) is 26.8 Å². The third-order valence-corrected chi connectivity index (χ3v) is 15.6. The summed E-state index contributed by atoms with van der Waals surface area (Å²) in [5.41, 5.74) is 12.0. The fourth-order valence-electron chi connectivity index (χ4n) is 11.0. The standard InChI is InChI=1S/C70H91N3O10/c1-15-25-79-61-45-30-49-38-55(69(9,10)11)39-50(63(49)81-27-24-74)31-46-35-54(68(6,7)8)37-48(62(46)80-26-16-2)33-52-41-56(70(12,13)14)40-51(32-47(61)36-53(34-45)67(3,4)5)64(52)82-29-28-78-57-42-60(83-58(57)43-75)73-23-22-59(72-66(73)77)71-65(76)44-20-18-17-19-21-44/h17-23,34-41,57-58,60,74-75H,15-16,24-33,42-43H2,1-14H3,(H,71,72,76,77)/t57-,58?,60+/m0/s1. The van der Waals surface area contributed by atoms with Crippen LogP contribution in [0, 0.1) is 0 Å². The number of aromatic nitrogens is 2. The highest BCUT2D eigenvalue weighted by Crippen LogP contribution is 2.45. The number of carbonyl (C=O) groups excluding carboxylic acids is 1. The van der Waals surface area contributed by atoms with Crippen LogP contribution < -0.4 is 30.0 Å². The Morgan fingerprint density at radius 1 is 0.566 bits per heavy atom. The number of rotatable bonds is 18. The van der Waals surface area contributed by atoms with Gasteiger partial charge in [0.1, 0.15) is 54.4 Å². The normalized spacial score (nSPS) is 16.6. The summed E-state index contributed by atoms with van der Waals surface area (Å²) in [5, 5.41) is 23.7. The minimum atomic E-state index is -0.764. The Morgan fingerprint density at radius 3 is 1.30 bits per heavy atom. The number of anilines is 1. The number of nitrogens with zero attached hydrogens (tertiary/aromatic N) is 2. The Morgan fingerprint density at radius 2 is 0.952 bits per heavy atom.